The average molecular weight is 273 g/mol. The van der Waals surface area contributed by atoms with Crippen molar-refractivity contribution < 1.29 is 23.8 Å². The minimum Gasteiger partial charge on any atom is -0.469 e. The van der Waals surface area contributed by atoms with Crippen LogP contribution in [0.2, 0.25) is 0 Å². The fraction of sp³-hybridized carbons (Fsp3) is 0.846. The van der Waals surface area contributed by atoms with Gasteiger partial charge in [0, 0.05) is 6.54 Å². The van der Waals surface area contributed by atoms with E-state index in [9.17, 15) is 9.59 Å². The number of carbonyl (C=O) groups excluding carboxylic acids is 2. The second-order valence-corrected chi connectivity index (χ2v) is 5.63. The minimum absolute atomic E-state index is 0.315. The highest BCUT2D eigenvalue weighted by Gasteiger charge is 2.37. The molecular formula is C13H23NO5. The third-order valence-corrected chi connectivity index (χ3v) is 2.94. The minimum atomic E-state index is -0.561. The van der Waals surface area contributed by atoms with Gasteiger partial charge in [-0.1, -0.05) is 0 Å². The lowest BCUT2D eigenvalue weighted by molar-refractivity contribution is -0.149. The zero-order valence-corrected chi connectivity index (χ0v) is 12.3. The molecule has 2 atom stereocenters. The molecule has 1 saturated heterocycles. The number of amides is 1. The van der Waals surface area contributed by atoms with Crippen LogP contribution in [0.3, 0.4) is 0 Å². The first kappa shape index (κ1) is 15.8. The lowest BCUT2D eigenvalue weighted by atomic mass is 10.0. The molecule has 1 rings (SSSR count). The van der Waals surface area contributed by atoms with E-state index in [-0.39, 0.29) is 12.0 Å². The Morgan fingerprint density at radius 2 is 2.00 bits per heavy atom. The van der Waals surface area contributed by atoms with E-state index in [1.165, 1.54) is 7.11 Å². The maximum Gasteiger partial charge on any atom is 0.410 e. The van der Waals surface area contributed by atoms with Gasteiger partial charge in [0.25, 0.3) is 0 Å². The van der Waals surface area contributed by atoms with Crippen LogP contribution in [0.5, 0.6) is 0 Å². The topological polar surface area (TPSA) is 65.1 Å². The van der Waals surface area contributed by atoms with Gasteiger partial charge in [-0.15, -0.1) is 0 Å². The quantitative estimate of drug-likeness (QED) is 0.712. The molecule has 0 bridgehead atoms. The van der Waals surface area contributed by atoms with E-state index in [2.05, 4.69) is 0 Å². The van der Waals surface area contributed by atoms with E-state index >= 15 is 0 Å². The van der Waals surface area contributed by atoms with Crippen molar-refractivity contribution in [1.82, 2.24) is 4.90 Å². The Morgan fingerprint density at radius 1 is 1.37 bits per heavy atom. The molecule has 0 saturated carbocycles. The zero-order valence-electron chi connectivity index (χ0n) is 12.3. The third-order valence-electron chi connectivity index (χ3n) is 2.94. The molecule has 1 aliphatic heterocycles. The van der Waals surface area contributed by atoms with Gasteiger partial charge in [-0.2, -0.15) is 0 Å². The first-order valence-electron chi connectivity index (χ1n) is 6.41. The predicted molar refractivity (Wildman–Crippen MR) is 68.7 cm³/mol. The van der Waals surface area contributed by atoms with Crippen LogP contribution in [0.15, 0.2) is 0 Å². The van der Waals surface area contributed by atoms with Crippen LogP contribution in [0.4, 0.5) is 4.79 Å². The molecule has 6 nitrogen and oxygen atoms in total. The summed E-state index contributed by atoms with van der Waals surface area (Å²) in [6.45, 7) is 8.33. The van der Waals surface area contributed by atoms with Crippen molar-refractivity contribution in [3.8, 4) is 0 Å². The van der Waals surface area contributed by atoms with Crippen LogP contribution >= 0.6 is 0 Å². The summed E-state index contributed by atoms with van der Waals surface area (Å²) in [6.07, 6.45) is -0.420. The number of rotatable bonds is 2. The monoisotopic (exact) mass is 273 g/mol. The molecule has 0 aromatic heterocycles. The smallest absolute Gasteiger partial charge is 0.410 e. The Bertz CT molecular complexity index is 336. The van der Waals surface area contributed by atoms with Gasteiger partial charge in [0.1, 0.15) is 5.60 Å². The van der Waals surface area contributed by atoms with E-state index < -0.39 is 17.6 Å². The number of carbonyl (C=O) groups is 2. The lowest BCUT2D eigenvalue weighted by Crippen LogP contribution is -2.54. The Balaban J connectivity index is 2.77. The largest absolute Gasteiger partial charge is 0.469 e. The first-order chi connectivity index (χ1) is 8.76. The van der Waals surface area contributed by atoms with Gasteiger partial charge in [-0.05, 0) is 27.7 Å². The average Bonchev–Trinajstić information content (AvgIpc) is 2.35. The Kier molecular flexibility index (Phi) is 5.17. The van der Waals surface area contributed by atoms with E-state index in [1.54, 1.807) is 11.8 Å². The number of methoxy groups -OCH3 is 1. The maximum atomic E-state index is 12.1. The molecule has 0 N–H and O–H groups in total. The Hall–Kier alpha value is -1.30. The Morgan fingerprint density at radius 3 is 2.53 bits per heavy atom. The second-order valence-electron chi connectivity index (χ2n) is 5.63. The maximum absolute atomic E-state index is 12.1. The highest BCUT2D eigenvalue weighted by atomic mass is 16.6. The molecule has 0 aliphatic carbocycles. The molecule has 110 valence electrons. The molecule has 1 aliphatic rings. The highest BCUT2D eigenvalue weighted by molar-refractivity contribution is 5.75. The van der Waals surface area contributed by atoms with Crippen molar-refractivity contribution >= 4 is 12.1 Å². The fourth-order valence-electron chi connectivity index (χ4n) is 1.93. The van der Waals surface area contributed by atoms with E-state index in [0.717, 1.165) is 0 Å². The first-order valence-corrected chi connectivity index (χ1v) is 6.41. The molecular weight excluding hydrogens is 250 g/mol. The molecule has 1 fully saturated rings. The normalized spacial score (nSPS) is 21.7. The van der Waals surface area contributed by atoms with Crippen molar-refractivity contribution in [3.63, 3.8) is 0 Å². The van der Waals surface area contributed by atoms with Crippen LogP contribution in [0.25, 0.3) is 0 Å². The summed E-state index contributed by atoms with van der Waals surface area (Å²) in [5.74, 6) is -0.804. The summed E-state index contributed by atoms with van der Waals surface area (Å²) >= 11 is 0. The van der Waals surface area contributed by atoms with Gasteiger partial charge in [0.05, 0.1) is 32.3 Å². The number of morpholine rings is 1. The van der Waals surface area contributed by atoms with E-state index in [4.69, 9.17) is 14.2 Å². The van der Waals surface area contributed by atoms with E-state index in [0.29, 0.717) is 19.8 Å². The van der Waals surface area contributed by atoms with Crippen LogP contribution in [0.1, 0.15) is 27.7 Å². The molecule has 0 radical (unpaired) electrons. The van der Waals surface area contributed by atoms with Gasteiger partial charge in [0.15, 0.2) is 0 Å². The second kappa shape index (κ2) is 6.23. The van der Waals surface area contributed by atoms with Crippen molar-refractivity contribution in [2.45, 2.75) is 39.3 Å². The third kappa shape index (κ3) is 4.38. The molecule has 1 amide bonds. The lowest BCUT2D eigenvalue weighted by Gasteiger charge is -2.38. The Labute approximate surface area is 114 Å². The zero-order chi connectivity index (χ0) is 14.6. The molecule has 19 heavy (non-hydrogen) atoms. The van der Waals surface area contributed by atoms with Gasteiger partial charge in [0.2, 0.25) is 0 Å². The molecule has 0 unspecified atom stereocenters. The van der Waals surface area contributed by atoms with Crippen molar-refractivity contribution in [2.75, 3.05) is 26.9 Å². The molecule has 0 aromatic rings. The van der Waals surface area contributed by atoms with Gasteiger partial charge in [-0.3, -0.25) is 9.69 Å². The number of hydrogen-bond donors (Lipinski definition) is 0. The van der Waals surface area contributed by atoms with Gasteiger partial charge < -0.3 is 14.2 Å². The molecule has 1 heterocycles. The molecule has 0 aromatic carbocycles. The number of esters is 1. The van der Waals surface area contributed by atoms with Crippen LogP contribution in [0, 0.1) is 5.92 Å². The summed E-state index contributed by atoms with van der Waals surface area (Å²) in [5.41, 5.74) is -0.561. The van der Waals surface area contributed by atoms with Gasteiger partial charge >= 0.3 is 12.1 Å². The standard InChI is InChI=1S/C13H23NO5/c1-9(11(15)17-5)10-8-18-7-6-14(10)12(16)19-13(2,3)4/h9-10H,6-8H2,1-5H3/t9-,10-/m1/s1. The summed E-state index contributed by atoms with van der Waals surface area (Å²) in [6, 6.07) is -0.351. The highest BCUT2D eigenvalue weighted by Crippen LogP contribution is 2.20. The van der Waals surface area contributed by atoms with Crippen LogP contribution in [-0.4, -0.2) is 55.5 Å². The summed E-state index contributed by atoms with van der Waals surface area (Å²) in [7, 11) is 1.33. The van der Waals surface area contributed by atoms with Crippen molar-refractivity contribution in [1.29, 1.82) is 0 Å². The van der Waals surface area contributed by atoms with Crippen LogP contribution < -0.4 is 0 Å². The fourth-order valence-corrected chi connectivity index (χ4v) is 1.93. The summed E-state index contributed by atoms with van der Waals surface area (Å²) < 4.78 is 15.4. The summed E-state index contributed by atoms with van der Waals surface area (Å²) in [4.78, 5) is 25.3. The van der Waals surface area contributed by atoms with Crippen LogP contribution in [-0.2, 0) is 19.0 Å². The van der Waals surface area contributed by atoms with Crippen molar-refractivity contribution in [3.05, 3.63) is 0 Å². The molecule has 6 heteroatoms. The van der Waals surface area contributed by atoms with E-state index in [1.807, 2.05) is 20.8 Å². The number of hydrogen-bond acceptors (Lipinski definition) is 5. The summed E-state index contributed by atoms with van der Waals surface area (Å²) in [5, 5.41) is 0. The SMILES string of the molecule is COC(=O)[C@H](C)[C@H]1COCCN1C(=O)OC(C)(C)C. The number of nitrogens with zero attached hydrogens (tertiary/aromatic N) is 1. The van der Waals surface area contributed by atoms with Gasteiger partial charge in [-0.25, -0.2) is 4.79 Å². The predicted octanol–water partition coefficient (Wildman–Crippen LogP) is 1.43. The number of ether oxygens (including phenoxy) is 3. The van der Waals surface area contributed by atoms with Crippen molar-refractivity contribution in [2.24, 2.45) is 5.92 Å². The molecule has 0 spiro atoms.